The second-order valence-corrected chi connectivity index (χ2v) is 9.13. The predicted octanol–water partition coefficient (Wildman–Crippen LogP) is 4.92. The molecule has 0 spiro atoms. The first kappa shape index (κ1) is 23.8. The van der Waals surface area contributed by atoms with Crippen LogP contribution in [0.4, 0.5) is 11.4 Å². The Morgan fingerprint density at radius 3 is 2.08 bits per heavy atom. The molecule has 0 aromatic heterocycles. The molecule has 2 fully saturated rings. The van der Waals surface area contributed by atoms with Gasteiger partial charge in [-0.3, -0.25) is 14.4 Å². The van der Waals surface area contributed by atoms with Crippen molar-refractivity contribution < 1.29 is 28.6 Å². The van der Waals surface area contributed by atoms with Crippen molar-refractivity contribution in [2.24, 2.45) is 5.92 Å². The number of imide groups is 1. The highest BCUT2D eigenvalue weighted by atomic mass is 16.7. The quantitative estimate of drug-likeness (QED) is 0.341. The van der Waals surface area contributed by atoms with Gasteiger partial charge in [0.15, 0.2) is 17.6 Å². The molecular formula is C30H26N2O6. The highest BCUT2D eigenvalue weighted by molar-refractivity contribution is 6.26. The molecular weight excluding hydrogens is 484 g/mol. The van der Waals surface area contributed by atoms with Crippen molar-refractivity contribution in [2.75, 3.05) is 31.3 Å². The van der Waals surface area contributed by atoms with E-state index >= 15 is 0 Å². The second kappa shape index (κ2) is 9.39. The minimum Gasteiger partial charge on any atom is -0.493 e. The van der Waals surface area contributed by atoms with E-state index in [1.165, 1.54) is 26.2 Å². The lowest BCUT2D eigenvalue weighted by Crippen LogP contribution is -2.37. The van der Waals surface area contributed by atoms with Crippen molar-refractivity contribution in [3.05, 3.63) is 90.5 Å². The highest BCUT2D eigenvalue weighted by Crippen LogP contribution is 2.50. The molecule has 192 valence electrons. The van der Waals surface area contributed by atoms with Crippen LogP contribution >= 0.6 is 0 Å². The van der Waals surface area contributed by atoms with Crippen LogP contribution in [-0.4, -0.2) is 39.2 Å². The molecule has 3 atom stereocenters. The van der Waals surface area contributed by atoms with Crippen LogP contribution in [0.1, 0.15) is 11.6 Å². The maximum Gasteiger partial charge on any atom is 0.266 e. The van der Waals surface area contributed by atoms with Crippen LogP contribution in [0.5, 0.6) is 17.2 Å². The predicted molar refractivity (Wildman–Crippen MR) is 143 cm³/mol. The topological polar surface area (TPSA) is 77.5 Å². The van der Waals surface area contributed by atoms with E-state index in [0.717, 1.165) is 16.5 Å². The van der Waals surface area contributed by atoms with E-state index in [2.05, 4.69) is 0 Å². The zero-order valence-corrected chi connectivity index (χ0v) is 21.2. The minimum atomic E-state index is -0.995. The van der Waals surface area contributed by atoms with Crippen LogP contribution in [0.25, 0.3) is 10.8 Å². The molecule has 0 aliphatic carbocycles. The Kier molecular flexibility index (Phi) is 5.88. The molecule has 4 aromatic carbocycles. The molecule has 2 aliphatic rings. The van der Waals surface area contributed by atoms with Crippen LogP contribution in [-0.2, 0) is 14.4 Å². The van der Waals surface area contributed by atoms with Crippen molar-refractivity contribution in [1.82, 2.24) is 0 Å². The average molecular weight is 511 g/mol. The van der Waals surface area contributed by atoms with Gasteiger partial charge in [-0.2, -0.15) is 0 Å². The van der Waals surface area contributed by atoms with Crippen molar-refractivity contribution in [1.29, 1.82) is 0 Å². The molecule has 0 saturated carbocycles. The van der Waals surface area contributed by atoms with E-state index in [4.69, 9.17) is 19.0 Å². The van der Waals surface area contributed by atoms with Crippen LogP contribution in [0.15, 0.2) is 84.9 Å². The molecule has 4 aromatic rings. The number of fused-ring (bicyclic) bond motifs is 2. The van der Waals surface area contributed by atoms with Gasteiger partial charge in [-0.05, 0) is 41.3 Å². The summed E-state index contributed by atoms with van der Waals surface area (Å²) in [7, 11) is 4.61. The van der Waals surface area contributed by atoms with Gasteiger partial charge in [0.25, 0.3) is 5.91 Å². The third-order valence-electron chi connectivity index (χ3n) is 7.16. The molecule has 8 nitrogen and oxygen atoms in total. The molecule has 0 N–H and O–H groups in total. The number of hydroxylamine groups is 1. The normalized spacial score (nSPS) is 20.7. The summed E-state index contributed by atoms with van der Waals surface area (Å²) in [5.74, 6) is -0.195. The highest BCUT2D eigenvalue weighted by Gasteiger charge is 2.60. The Morgan fingerprint density at radius 2 is 1.39 bits per heavy atom. The summed E-state index contributed by atoms with van der Waals surface area (Å²) in [6.45, 7) is 0. The van der Waals surface area contributed by atoms with E-state index in [-0.39, 0.29) is 5.91 Å². The number of para-hydroxylation sites is 1. The van der Waals surface area contributed by atoms with E-state index in [1.54, 1.807) is 23.3 Å². The molecule has 0 radical (unpaired) electrons. The van der Waals surface area contributed by atoms with Gasteiger partial charge in [-0.25, -0.2) is 9.96 Å². The summed E-state index contributed by atoms with van der Waals surface area (Å²) in [5, 5.41) is 3.41. The fourth-order valence-corrected chi connectivity index (χ4v) is 5.47. The lowest BCUT2D eigenvalue weighted by Gasteiger charge is -2.29. The largest absolute Gasteiger partial charge is 0.493 e. The SMILES string of the molecule is COc1cc([C@@H]2[C@H]3C(=O)N(c4cccc5ccccc45)C(=O)[C@@H]3ON2c2ccccc2)cc(OC)c1OC. The van der Waals surface area contributed by atoms with Crippen LogP contribution in [0, 0.1) is 5.92 Å². The molecule has 2 heterocycles. The minimum absolute atomic E-state index is 0.325. The smallest absolute Gasteiger partial charge is 0.266 e. The molecule has 0 bridgehead atoms. The molecule has 0 unspecified atom stereocenters. The number of amides is 2. The van der Waals surface area contributed by atoms with Crippen molar-refractivity contribution >= 4 is 34.0 Å². The van der Waals surface area contributed by atoms with E-state index in [0.29, 0.717) is 28.5 Å². The van der Waals surface area contributed by atoms with Gasteiger partial charge in [0.1, 0.15) is 5.92 Å². The van der Waals surface area contributed by atoms with Crippen molar-refractivity contribution in [2.45, 2.75) is 12.1 Å². The number of anilines is 2. The lowest BCUT2D eigenvalue weighted by atomic mass is 9.90. The summed E-state index contributed by atoms with van der Waals surface area (Å²) in [5.41, 5.74) is 1.96. The lowest BCUT2D eigenvalue weighted by molar-refractivity contribution is -0.126. The van der Waals surface area contributed by atoms with Gasteiger partial charge in [0.2, 0.25) is 11.7 Å². The molecule has 2 amide bonds. The zero-order valence-electron chi connectivity index (χ0n) is 21.2. The van der Waals surface area contributed by atoms with E-state index in [1.807, 2.05) is 66.7 Å². The third-order valence-corrected chi connectivity index (χ3v) is 7.16. The van der Waals surface area contributed by atoms with Gasteiger partial charge in [0.05, 0.1) is 38.7 Å². The molecule has 2 saturated heterocycles. The number of benzene rings is 4. The number of methoxy groups -OCH3 is 3. The van der Waals surface area contributed by atoms with E-state index < -0.39 is 24.0 Å². The Hall–Kier alpha value is -4.56. The summed E-state index contributed by atoms with van der Waals surface area (Å²) >= 11 is 0. The molecule has 2 aliphatic heterocycles. The number of carbonyl (C=O) groups is 2. The average Bonchev–Trinajstić information content (AvgIpc) is 3.47. The summed E-state index contributed by atoms with van der Waals surface area (Å²) in [4.78, 5) is 35.5. The Morgan fingerprint density at radius 1 is 0.737 bits per heavy atom. The number of nitrogens with zero attached hydrogens (tertiary/aromatic N) is 2. The van der Waals surface area contributed by atoms with E-state index in [9.17, 15) is 9.59 Å². The van der Waals surface area contributed by atoms with Gasteiger partial charge in [-0.1, -0.05) is 54.6 Å². The van der Waals surface area contributed by atoms with Gasteiger partial charge < -0.3 is 14.2 Å². The standard InChI is InChI=1S/C30H26N2O6/c1-35-23-16-19(17-24(36-2)27(23)37-3)26-25-28(38-32(26)20-12-5-4-6-13-20)30(34)31(29(25)33)22-15-9-11-18-10-7-8-14-21(18)22/h4-17,25-26,28H,1-3H3/t25-,26-,28-/m1/s1. The monoisotopic (exact) mass is 510 g/mol. The van der Waals surface area contributed by atoms with Gasteiger partial charge in [-0.15, -0.1) is 0 Å². The first-order valence-electron chi connectivity index (χ1n) is 12.2. The number of carbonyl (C=O) groups excluding carboxylic acids is 2. The third kappa shape index (κ3) is 3.56. The maximum atomic E-state index is 14.1. The Bertz CT molecular complexity index is 1510. The Balaban J connectivity index is 1.50. The van der Waals surface area contributed by atoms with Crippen molar-refractivity contribution in [3.63, 3.8) is 0 Å². The first-order valence-corrected chi connectivity index (χ1v) is 12.2. The zero-order chi connectivity index (χ0) is 26.4. The van der Waals surface area contributed by atoms with Crippen LogP contribution in [0.3, 0.4) is 0 Å². The number of hydrogen-bond acceptors (Lipinski definition) is 7. The fraction of sp³-hybridized carbons (Fsp3) is 0.200. The summed E-state index contributed by atoms with van der Waals surface area (Å²) < 4.78 is 16.7. The second-order valence-electron chi connectivity index (χ2n) is 9.13. The molecule has 8 heteroatoms. The fourth-order valence-electron chi connectivity index (χ4n) is 5.47. The maximum absolute atomic E-state index is 14.1. The van der Waals surface area contributed by atoms with Gasteiger partial charge >= 0.3 is 0 Å². The number of rotatable bonds is 6. The summed E-state index contributed by atoms with van der Waals surface area (Å²) in [6.07, 6.45) is -0.995. The van der Waals surface area contributed by atoms with Gasteiger partial charge in [0, 0.05) is 5.39 Å². The van der Waals surface area contributed by atoms with Crippen molar-refractivity contribution in [3.8, 4) is 17.2 Å². The Labute approximate surface area is 219 Å². The number of ether oxygens (including phenoxy) is 3. The van der Waals surface area contributed by atoms with Crippen LogP contribution in [0.2, 0.25) is 0 Å². The summed E-state index contributed by atoms with van der Waals surface area (Å²) in [6, 6.07) is 25.7. The number of hydrogen-bond donors (Lipinski definition) is 0. The molecule has 38 heavy (non-hydrogen) atoms. The first-order chi connectivity index (χ1) is 18.6. The molecule has 6 rings (SSSR count). The van der Waals surface area contributed by atoms with Crippen LogP contribution < -0.4 is 24.2 Å².